The first-order chi connectivity index (χ1) is 12.0. The van der Waals surface area contributed by atoms with E-state index in [0.29, 0.717) is 5.88 Å². The fraction of sp³-hybridized carbons (Fsp3) is 0.235. The number of rotatable bonds is 7. The maximum atomic E-state index is 11.8. The number of hydrogen-bond donors (Lipinski definition) is 3. The third-order valence-electron chi connectivity index (χ3n) is 3.38. The predicted octanol–water partition coefficient (Wildman–Crippen LogP) is 1.50. The number of ether oxygens (including phenoxy) is 2. The number of aliphatic carboxylic acids is 1. The number of aliphatic hydroxyl groups excluding tert-OH is 1. The number of pyridine rings is 1. The molecule has 0 aliphatic carbocycles. The van der Waals surface area contributed by atoms with Crippen LogP contribution in [0.3, 0.4) is 0 Å². The number of amides is 1. The summed E-state index contributed by atoms with van der Waals surface area (Å²) in [6, 6.07) is 10.3. The third-order valence-corrected chi connectivity index (χ3v) is 3.38. The number of methoxy groups -OCH3 is 1. The van der Waals surface area contributed by atoms with E-state index in [0.717, 1.165) is 5.56 Å². The summed E-state index contributed by atoms with van der Waals surface area (Å²) in [5, 5.41) is 21.6. The van der Waals surface area contributed by atoms with Crippen LogP contribution in [-0.4, -0.2) is 40.4 Å². The molecule has 0 unspecified atom stereocenters. The summed E-state index contributed by atoms with van der Waals surface area (Å²) in [4.78, 5) is 27.1. The minimum Gasteiger partial charge on any atom is -0.481 e. The number of carboxylic acid groups (broad SMARTS) is 1. The number of carbonyl (C=O) groups is 2. The highest BCUT2D eigenvalue weighted by atomic mass is 16.5. The zero-order valence-corrected chi connectivity index (χ0v) is 13.5. The van der Waals surface area contributed by atoms with Gasteiger partial charge in [-0.2, -0.15) is 0 Å². The first-order valence-electron chi connectivity index (χ1n) is 7.39. The second-order valence-corrected chi connectivity index (χ2v) is 5.10. The Balaban J connectivity index is 1.99. The van der Waals surface area contributed by atoms with E-state index in [-0.39, 0.29) is 12.2 Å². The van der Waals surface area contributed by atoms with Gasteiger partial charge >= 0.3 is 12.1 Å². The van der Waals surface area contributed by atoms with Gasteiger partial charge in [0.05, 0.1) is 7.11 Å². The average Bonchev–Trinajstić information content (AvgIpc) is 2.64. The number of carboxylic acids is 1. The molecule has 2 atom stereocenters. The van der Waals surface area contributed by atoms with Crippen molar-refractivity contribution in [2.45, 2.75) is 18.8 Å². The molecule has 0 saturated carbocycles. The van der Waals surface area contributed by atoms with Gasteiger partial charge in [0.15, 0.2) is 6.04 Å². The standard InChI is InChI=1S/C17H18N2O6/c1-24-13-8-7-12(9-18-13)15(20)14(16(21)22)19-17(23)25-10-11-5-3-2-4-6-11/h2-9,14-15,20H,10H2,1H3,(H,19,23)(H,21,22)/t14-,15-/m0/s1. The maximum Gasteiger partial charge on any atom is 0.408 e. The quantitative estimate of drug-likeness (QED) is 0.695. The van der Waals surface area contributed by atoms with Crippen molar-refractivity contribution in [2.75, 3.05) is 7.11 Å². The van der Waals surface area contributed by atoms with Crippen LogP contribution in [0.15, 0.2) is 48.7 Å². The molecular formula is C17H18N2O6. The van der Waals surface area contributed by atoms with Crippen molar-refractivity contribution >= 4 is 12.1 Å². The minimum absolute atomic E-state index is 0.0147. The number of nitrogens with one attached hydrogen (secondary N) is 1. The molecule has 0 aliphatic heterocycles. The number of aromatic nitrogens is 1. The largest absolute Gasteiger partial charge is 0.481 e. The summed E-state index contributed by atoms with van der Waals surface area (Å²) in [6.07, 6.45) is -1.17. The molecule has 8 nitrogen and oxygen atoms in total. The fourth-order valence-corrected chi connectivity index (χ4v) is 2.05. The van der Waals surface area contributed by atoms with Crippen LogP contribution in [-0.2, 0) is 16.1 Å². The highest BCUT2D eigenvalue weighted by molar-refractivity contribution is 5.80. The Hall–Kier alpha value is -3.13. The van der Waals surface area contributed by atoms with Gasteiger partial charge in [-0.1, -0.05) is 30.3 Å². The monoisotopic (exact) mass is 346 g/mol. The Morgan fingerprint density at radius 2 is 1.92 bits per heavy atom. The summed E-state index contributed by atoms with van der Waals surface area (Å²) in [5.41, 5.74) is 0.973. The average molecular weight is 346 g/mol. The smallest absolute Gasteiger partial charge is 0.408 e. The SMILES string of the molecule is COc1ccc([C@H](O)[C@H](NC(=O)OCc2ccccc2)C(=O)O)cn1. The number of nitrogens with zero attached hydrogens (tertiary/aromatic N) is 1. The molecule has 0 radical (unpaired) electrons. The molecule has 1 heterocycles. The maximum absolute atomic E-state index is 11.8. The zero-order chi connectivity index (χ0) is 18.2. The lowest BCUT2D eigenvalue weighted by molar-refractivity contribution is -0.142. The van der Waals surface area contributed by atoms with E-state index in [2.05, 4.69) is 10.3 Å². The van der Waals surface area contributed by atoms with Crippen LogP contribution in [0, 0.1) is 0 Å². The molecule has 3 N–H and O–H groups in total. The van der Waals surface area contributed by atoms with Crippen LogP contribution in [0.25, 0.3) is 0 Å². The van der Waals surface area contributed by atoms with Crippen LogP contribution in [0.4, 0.5) is 4.79 Å². The molecule has 1 amide bonds. The van der Waals surface area contributed by atoms with Gasteiger partial charge in [0.25, 0.3) is 0 Å². The number of alkyl carbamates (subject to hydrolysis) is 1. The van der Waals surface area contributed by atoms with Gasteiger partial charge in [0.2, 0.25) is 5.88 Å². The first kappa shape index (κ1) is 18.2. The molecular weight excluding hydrogens is 328 g/mol. The summed E-state index contributed by atoms with van der Waals surface area (Å²) in [6.45, 7) is -0.0147. The molecule has 1 aromatic heterocycles. The Labute approximate surface area is 144 Å². The van der Waals surface area contributed by atoms with Crippen molar-refractivity contribution in [1.29, 1.82) is 0 Å². The first-order valence-corrected chi connectivity index (χ1v) is 7.39. The van der Waals surface area contributed by atoms with E-state index in [1.165, 1.54) is 25.4 Å². The van der Waals surface area contributed by atoms with E-state index < -0.39 is 24.2 Å². The third kappa shape index (κ3) is 5.18. The Kier molecular flexibility index (Phi) is 6.30. The summed E-state index contributed by atoms with van der Waals surface area (Å²) < 4.78 is 9.87. The predicted molar refractivity (Wildman–Crippen MR) is 86.9 cm³/mol. The Morgan fingerprint density at radius 1 is 1.20 bits per heavy atom. The topological polar surface area (TPSA) is 118 Å². The van der Waals surface area contributed by atoms with Crippen LogP contribution >= 0.6 is 0 Å². The highest BCUT2D eigenvalue weighted by Crippen LogP contribution is 2.18. The second-order valence-electron chi connectivity index (χ2n) is 5.10. The summed E-state index contributed by atoms with van der Waals surface area (Å²) >= 11 is 0. The molecule has 1 aromatic carbocycles. The van der Waals surface area contributed by atoms with Gasteiger partial charge < -0.3 is 25.0 Å². The Morgan fingerprint density at radius 3 is 2.48 bits per heavy atom. The number of aliphatic hydroxyl groups is 1. The lowest BCUT2D eigenvalue weighted by Crippen LogP contribution is -2.45. The van der Waals surface area contributed by atoms with Crippen LogP contribution in [0.2, 0.25) is 0 Å². The van der Waals surface area contributed by atoms with Gasteiger partial charge in [0, 0.05) is 17.8 Å². The van der Waals surface area contributed by atoms with Gasteiger partial charge in [-0.05, 0) is 11.6 Å². The molecule has 0 saturated heterocycles. The lowest BCUT2D eigenvalue weighted by Gasteiger charge is -2.20. The van der Waals surface area contributed by atoms with Crippen molar-refractivity contribution in [3.63, 3.8) is 0 Å². The number of hydrogen-bond acceptors (Lipinski definition) is 6. The van der Waals surface area contributed by atoms with Crippen LogP contribution < -0.4 is 10.1 Å². The molecule has 8 heteroatoms. The van der Waals surface area contributed by atoms with Gasteiger partial charge in [-0.15, -0.1) is 0 Å². The van der Waals surface area contributed by atoms with E-state index >= 15 is 0 Å². The van der Waals surface area contributed by atoms with E-state index in [9.17, 15) is 19.8 Å². The van der Waals surface area contributed by atoms with Crippen molar-refractivity contribution < 1.29 is 29.3 Å². The molecule has 0 aliphatic rings. The second kappa shape index (κ2) is 8.65. The van der Waals surface area contributed by atoms with Gasteiger partial charge in [-0.25, -0.2) is 14.6 Å². The lowest BCUT2D eigenvalue weighted by atomic mass is 10.0. The molecule has 25 heavy (non-hydrogen) atoms. The van der Waals surface area contributed by atoms with Crippen molar-refractivity contribution in [3.8, 4) is 5.88 Å². The van der Waals surface area contributed by atoms with Crippen LogP contribution in [0.1, 0.15) is 17.2 Å². The molecule has 2 rings (SSSR count). The minimum atomic E-state index is -1.58. The zero-order valence-electron chi connectivity index (χ0n) is 13.5. The summed E-state index contributed by atoms with van der Waals surface area (Å²) in [7, 11) is 1.43. The normalized spacial score (nSPS) is 12.7. The van der Waals surface area contributed by atoms with Gasteiger partial charge in [-0.3, -0.25) is 0 Å². The van der Waals surface area contributed by atoms with E-state index in [4.69, 9.17) is 9.47 Å². The van der Waals surface area contributed by atoms with Crippen LogP contribution in [0.5, 0.6) is 5.88 Å². The fourth-order valence-electron chi connectivity index (χ4n) is 2.05. The molecule has 2 aromatic rings. The van der Waals surface area contributed by atoms with E-state index in [1.54, 1.807) is 24.3 Å². The Bertz CT molecular complexity index is 705. The molecule has 0 spiro atoms. The van der Waals surface area contributed by atoms with E-state index in [1.807, 2.05) is 6.07 Å². The molecule has 132 valence electrons. The molecule has 0 fully saturated rings. The summed E-state index contributed by atoms with van der Waals surface area (Å²) in [5.74, 6) is -1.09. The number of benzene rings is 1. The van der Waals surface area contributed by atoms with Crippen molar-refractivity contribution in [3.05, 3.63) is 59.8 Å². The number of carbonyl (C=O) groups excluding carboxylic acids is 1. The molecule has 0 bridgehead atoms. The van der Waals surface area contributed by atoms with Crippen molar-refractivity contribution in [1.82, 2.24) is 10.3 Å². The highest BCUT2D eigenvalue weighted by Gasteiger charge is 2.30. The van der Waals surface area contributed by atoms with Gasteiger partial charge in [0.1, 0.15) is 12.7 Å². The van der Waals surface area contributed by atoms with Crippen molar-refractivity contribution in [2.24, 2.45) is 0 Å².